The maximum Gasteiger partial charge on any atom is 0.506 e. The van der Waals surface area contributed by atoms with Crippen molar-refractivity contribution in [3.05, 3.63) is 83.7 Å². The largest absolute Gasteiger partial charge is 0.506 e. The summed E-state index contributed by atoms with van der Waals surface area (Å²) in [4.78, 5) is 59.9. The second kappa shape index (κ2) is 10.3. The van der Waals surface area contributed by atoms with E-state index in [1.165, 1.54) is 13.1 Å². The van der Waals surface area contributed by atoms with E-state index >= 15 is 0 Å². The van der Waals surface area contributed by atoms with Gasteiger partial charge in [0.15, 0.2) is 0 Å². The van der Waals surface area contributed by atoms with E-state index in [-0.39, 0.29) is 17.9 Å². The topological polar surface area (TPSA) is 211 Å². The number of hydrogen-bond acceptors (Lipinski definition) is 11. The van der Waals surface area contributed by atoms with Crippen molar-refractivity contribution in [1.29, 1.82) is 0 Å². The van der Waals surface area contributed by atoms with Crippen LogP contribution in [0.25, 0.3) is 0 Å². The average molecular weight is 554 g/mol. The average Bonchev–Trinajstić information content (AvgIpc) is 3.40. The summed E-state index contributed by atoms with van der Waals surface area (Å²) in [6, 6.07) is 6.75. The number of pyridine rings is 1. The van der Waals surface area contributed by atoms with Crippen molar-refractivity contribution in [2.45, 2.75) is 50.8 Å². The molecule has 1 aliphatic carbocycles. The van der Waals surface area contributed by atoms with Crippen molar-refractivity contribution in [2.75, 3.05) is 0 Å². The Morgan fingerprint density at radius 1 is 1.13 bits per heavy atom. The molecule has 16 heteroatoms. The number of carbonyl (C=O) groups is 2. The number of fused-ring (bicyclic) bond motifs is 1. The fourth-order valence-electron chi connectivity index (χ4n) is 5.14. The number of aromatic nitrogens is 1. The van der Waals surface area contributed by atoms with E-state index in [0.29, 0.717) is 21.7 Å². The van der Waals surface area contributed by atoms with Gasteiger partial charge in [0.25, 0.3) is 10.2 Å². The fraction of sp³-hybridized carbons (Fsp3) is 0.409. The molecular formula is C22H20ClN3O12. The Hall–Kier alpha value is -4.24. The van der Waals surface area contributed by atoms with Crippen molar-refractivity contribution in [3.63, 3.8) is 0 Å². The van der Waals surface area contributed by atoms with Crippen LogP contribution in [0.15, 0.2) is 30.5 Å². The number of aryl methyl sites for hydroxylation is 1. The number of carboxylic acids is 1. The first-order chi connectivity index (χ1) is 17.9. The Balaban J connectivity index is 1.85. The summed E-state index contributed by atoms with van der Waals surface area (Å²) in [5, 5.41) is 40.0. The van der Waals surface area contributed by atoms with Crippen LogP contribution in [0.3, 0.4) is 0 Å². The molecule has 1 aliphatic heterocycles. The molecule has 2 aromatic rings. The van der Waals surface area contributed by atoms with E-state index in [9.17, 15) is 40.0 Å². The third kappa shape index (κ3) is 4.97. The number of rotatable bonds is 9. The van der Waals surface area contributed by atoms with Gasteiger partial charge in [-0.3, -0.25) is 9.78 Å². The van der Waals surface area contributed by atoms with E-state index in [4.69, 9.17) is 21.1 Å². The summed E-state index contributed by atoms with van der Waals surface area (Å²) < 4.78 is 11.1. The number of nitrogens with zero attached hydrogens (tertiary/aromatic N) is 3. The Morgan fingerprint density at radius 3 is 2.21 bits per heavy atom. The number of benzene rings is 1. The SMILES string of the molecule is Cc1ncc2c(c1C(OC(=O)O)C1(C(=O)O)C[C@H](O[N+](=O)[O-])[C@H](O[N+](=O)[O-])C1)CO[C@H]2c1ccc(Cl)cc1. The van der Waals surface area contributed by atoms with Gasteiger partial charge in [0.2, 0.25) is 0 Å². The molecule has 0 saturated heterocycles. The maximum atomic E-state index is 12.7. The Labute approximate surface area is 218 Å². The van der Waals surface area contributed by atoms with E-state index in [1.807, 2.05) is 0 Å². The summed E-state index contributed by atoms with van der Waals surface area (Å²) in [6.45, 7) is 1.43. The first kappa shape index (κ1) is 26.8. The highest BCUT2D eigenvalue weighted by molar-refractivity contribution is 6.30. The van der Waals surface area contributed by atoms with Crippen LogP contribution in [0.5, 0.6) is 0 Å². The van der Waals surface area contributed by atoms with E-state index in [1.54, 1.807) is 24.3 Å². The third-order valence-corrected chi connectivity index (χ3v) is 6.96. The second-order valence-electron chi connectivity index (χ2n) is 8.80. The number of carboxylic acid groups (broad SMARTS) is 2. The predicted molar refractivity (Wildman–Crippen MR) is 122 cm³/mol. The van der Waals surface area contributed by atoms with Crippen LogP contribution in [-0.4, -0.2) is 49.7 Å². The van der Waals surface area contributed by atoms with Crippen LogP contribution in [0.2, 0.25) is 5.02 Å². The lowest BCUT2D eigenvalue weighted by molar-refractivity contribution is -0.797. The summed E-state index contributed by atoms with van der Waals surface area (Å²) in [6.07, 6.45) is -7.63. The van der Waals surface area contributed by atoms with Gasteiger partial charge in [0.05, 0.1) is 6.61 Å². The Kier molecular flexibility index (Phi) is 7.24. The molecule has 1 aromatic heterocycles. The number of halogens is 1. The minimum absolute atomic E-state index is 0.0693. The highest BCUT2D eigenvalue weighted by Crippen LogP contribution is 2.54. The minimum atomic E-state index is -2.25. The summed E-state index contributed by atoms with van der Waals surface area (Å²) in [7, 11) is 0. The van der Waals surface area contributed by atoms with E-state index < -0.39 is 65.0 Å². The lowest BCUT2D eigenvalue weighted by Crippen LogP contribution is -2.39. The zero-order chi connectivity index (χ0) is 27.8. The van der Waals surface area contributed by atoms with Crippen molar-refractivity contribution in [3.8, 4) is 0 Å². The molecule has 38 heavy (non-hydrogen) atoms. The minimum Gasteiger partial charge on any atom is -0.481 e. The first-order valence-electron chi connectivity index (χ1n) is 11.0. The molecule has 0 amide bonds. The van der Waals surface area contributed by atoms with Crippen molar-refractivity contribution in [1.82, 2.24) is 4.98 Å². The quantitative estimate of drug-likeness (QED) is 0.259. The standard InChI is InChI=1S/C22H20ClN3O12/c1-10-17(14-9-35-18(13(14)8-24-10)11-2-4-12(23)5-3-11)19(36-21(29)30)22(20(27)28)6-15(37-25(31)32)16(7-22)38-26(33)34/h2-5,8,15-16,18-19H,6-7,9H2,1H3,(H,27,28)(H,29,30)/t15-,16+,18-,19?,22?/m0/s1. The van der Waals surface area contributed by atoms with Crippen molar-refractivity contribution < 1.29 is 49.1 Å². The zero-order valence-electron chi connectivity index (χ0n) is 19.5. The Morgan fingerprint density at radius 2 is 1.71 bits per heavy atom. The fourth-order valence-corrected chi connectivity index (χ4v) is 5.26. The van der Waals surface area contributed by atoms with Crippen molar-refractivity contribution in [2.24, 2.45) is 5.41 Å². The zero-order valence-corrected chi connectivity index (χ0v) is 20.3. The lowest BCUT2D eigenvalue weighted by atomic mass is 9.75. The highest BCUT2D eigenvalue weighted by atomic mass is 35.5. The summed E-state index contributed by atoms with van der Waals surface area (Å²) in [5.74, 6) is -1.62. The van der Waals surface area contributed by atoms with Crippen LogP contribution in [0.1, 0.15) is 53.0 Å². The van der Waals surface area contributed by atoms with Gasteiger partial charge >= 0.3 is 12.1 Å². The molecule has 0 radical (unpaired) electrons. The van der Waals surface area contributed by atoms with E-state index in [2.05, 4.69) is 14.7 Å². The molecule has 0 spiro atoms. The number of hydrogen-bond donors (Lipinski definition) is 2. The van der Waals surface area contributed by atoms with Gasteiger partial charge in [-0.2, -0.15) is 0 Å². The highest BCUT2D eigenvalue weighted by Gasteiger charge is 2.61. The molecular weight excluding hydrogens is 534 g/mol. The van der Waals surface area contributed by atoms with Gasteiger partial charge in [-0.05, 0) is 43.0 Å². The number of ether oxygens (including phenoxy) is 2. The molecule has 202 valence electrons. The molecule has 1 fully saturated rings. The molecule has 4 rings (SSSR count). The molecule has 5 atom stereocenters. The van der Waals surface area contributed by atoms with E-state index in [0.717, 1.165) is 0 Å². The molecule has 2 N–H and O–H groups in total. The molecule has 0 bridgehead atoms. The molecule has 15 nitrogen and oxygen atoms in total. The van der Waals surface area contributed by atoms with Gasteiger partial charge < -0.3 is 29.4 Å². The summed E-state index contributed by atoms with van der Waals surface area (Å²) in [5.41, 5.74) is -0.337. The van der Waals surface area contributed by atoms with Crippen LogP contribution >= 0.6 is 11.6 Å². The third-order valence-electron chi connectivity index (χ3n) is 6.71. The van der Waals surface area contributed by atoms with Crippen molar-refractivity contribution >= 4 is 23.7 Å². The monoisotopic (exact) mass is 553 g/mol. The van der Waals surface area contributed by atoms with Gasteiger partial charge in [-0.1, -0.05) is 23.7 Å². The first-order valence-corrected chi connectivity index (χ1v) is 11.4. The number of aliphatic carboxylic acids is 1. The van der Waals surface area contributed by atoms with Crippen LogP contribution < -0.4 is 0 Å². The molecule has 2 aliphatic rings. The van der Waals surface area contributed by atoms with Crippen LogP contribution in [0.4, 0.5) is 4.79 Å². The lowest BCUT2D eigenvalue weighted by Gasteiger charge is -2.34. The predicted octanol–water partition coefficient (Wildman–Crippen LogP) is 3.42. The van der Waals surface area contributed by atoms with Gasteiger partial charge in [-0.15, -0.1) is 20.2 Å². The molecule has 2 heterocycles. The normalized spacial score (nSPS) is 24.7. The van der Waals surface area contributed by atoms with Crippen LogP contribution in [-0.2, 0) is 30.6 Å². The summed E-state index contributed by atoms with van der Waals surface area (Å²) >= 11 is 5.97. The molecule has 2 unspecified atom stereocenters. The molecule has 1 saturated carbocycles. The van der Waals surface area contributed by atoms with Gasteiger partial charge in [0.1, 0.15) is 29.8 Å². The Bertz CT molecular complexity index is 1260. The smallest absolute Gasteiger partial charge is 0.481 e. The second-order valence-corrected chi connectivity index (χ2v) is 9.24. The van der Waals surface area contributed by atoms with Crippen LogP contribution in [0, 0.1) is 32.6 Å². The maximum absolute atomic E-state index is 12.7. The van der Waals surface area contributed by atoms with Gasteiger partial charge in [-0.25, -0.2) is 4.79 Å². The van der Waals surface area contributed by atoms with Gasteiger partial charge in [0, 0.05) is 28.0 Å². The molecule has 1 aromatic carbocycles.